The van der Waals surface area contributed by atoms with E-state index in [1.54, 1.807) is 7.11 Å². The first kappa shape index (κ1) is 12.4. The summed E-state index contributed by atoms with van der Waals surface area (Å²) in [5, 5.41) is 3.20. The molecule has 1 aromatic heterocycles. The van der Waals surface area contributed by atoms with Gasteiger partial charge in [0.05, 0.1) is 10.2 Å². The maximum Gasteiger partial charge on any atom is 0.156 e. The Kier molecular flexibility index (Phi) is 4.98. The van der Waals surface area contributed by atoms with Crippen LogP contribution in [0.25, 0.3) is 0 Å². The molecule has 84 valence electrons. The topological polar surface area (TPSA) is 47.0 Å². The summed E-state index contributed by atoms with van der Waals surface area (Å²) < 4.78 is 5.98. The normalized spacial score (nSPS) is 10.4. The molecule has 0 radical (unpaired) electrons. The molecule has 0 aliphatic carbocycles. The highest BCUT2D eigenvalue weighted by Gasteiger charge is 2.09. The van der Waals surface area contributed by atoms with E-state index in [1.165, 1.54) is 0 Å². The van der Waals surface area contributed by atoms with Crippen LogP contribution in [0.4, 0.5) is 5.82 Å². The fraction of sp³-hybridized carbons (Fsp3) is 0.600. The number of anilines is 1. The smallest absolute Gasteiger partial charge is 0.156 e. The van der Waals surface area contributed by atoms with Crippen molar-refractivity contribution in [2.75, 3.05) is 19.0 Å². The highest BCUT2D eigenvalue weighted by molar-refractivity contribution is 9.10. The Hall–Kier alpha value is -0.680. The van der Waals surface area contributed by atoms with Gasteiger partial charge in [-0.3, -0.25) is 0 Å². The number of rotatable bonds is 5. The molecule has 15 heavy (non-hydrogen) atoms. The summed E-state index contributed by atoms with van der Waals surface area (Å²) in [6, 6.07) is 0. The molecule has 1 N–H and O–H groups in total. The predicted octanol–water partition coefficient (Wildman–Crippen LogP) is 2.38. The summed E-state index contributed by atoms with van der Waals surface area (Å²) in [4.78, 5) is 8.77. The van der Waals surface area contributed by atoms with Crippen LogP contribution in [0, 0.1) is 0 Å². The van der Waals surface area contributed by atoms with Crippen molar-refractivity contribution in [1.82, 2.24) is 9.97 Å². The summed E-state index contributed by atoms with van der Waals surface area (Å²) >= 11 is 3.50. The monoisotopic (exact) mass is 273 g/mol. The molecule has 0 spiro atoms. The van der Waals surface area contributed by atoms with Crippen molar-refractivity contribution in [3.05, 3.63) is 16.0 Å². The summed E-state index contributed by atoms with van der Waals surface area (Å²) in [7, 11) is 1.64. The van der Waals surface area contributed by atoms with Crippen molar-refractivity contribution in [2.24, 2.45) is 0 Å². The number of hydrogen-bond donors (Lipinski definition) is 1. The number of aryl methyl sites for hydroxylation is 1. The first-order valence-corrected chi connectivity index (χ1v) is 5.80. The van der Waals surface area contributed by atoms with Crippen LogP contribution < -0.4 is 5.32 Å². The first-order valence-electron chi connectivity index (χ1n) is 5.01. The molecule has 5 heteroatoms. The van der Waals surface area contributed by atoms with Crippen molar-refractivity contribution in [3.63, 3.8) is 0 Å². The Morgan fingerprint density at radius 3 is 2.60 bits per heavy atom. The van der Waals surface area contributed by atoms with Gasteiger partial charge in [0.2, 0.25) is 0 Å². The van der Waals surface area contributed by atoms with E-state index >= 15 is 0 Å². The van der Waals surface area contributed by atoms with Crippen LogP contribution in [0.3, 0.4) is 0 Å². The SMILES string of the molecule is CCNc1nc(COC)nc(CC)c1Br. The Morgan fingerprint density at radius 2 is 2.07 bits per heavy atom. The number of ether oxygens (including phenoxy) is 1. The lowest BCUT2D eigenvalue weighted by molar-refractivity contribution is 0.177. The van der Waals surface area contributed by atoms with Crippen LogP contribution in [0.15, 0.2) is 4.47 Å². The Bertz CT molecular complexity index is 331. The molecule has 0 amide bonds. The number of nitrogens with zero attached hydrogens (tertiary/aromatic N) is 2. The third-order valence-corrected chi connectivity index (χ3v) is 2.75. The molecule has 1 heterocycles. The molecule has 0 aliphatic heterocycles. The maximum atomic E-state index is 5.03. The van der Waals surface area contributed by atoms with Crippen LogP contribution >= 0.6 is 15.9 Å². The average molecular weight is 274 g/mol. The number of nitrogens with one attached hydrogen (secondary N) is 1. The third kappa shape index (κ3) is 3.14. The van der Waals surface area contributed by atoms with Crippen molar-refractivity contribution >= 4 is 21.7 Å². The standard InChI is InChI=1S/C10H16BrN3O/c1-4-7-9(11)10(12-5-2)14-8(13-7)6-15-3/h4-6H2,1-3H3,(H,12,13,14). The van der Waals surface area contributed by atoms with Gasteiger partial charge < -0.3 is 10.1 Å². The zero-order valence-electron chi connectivity index (χ0n) is 9.30. The van der Waals surface area contributed by atoms with Crippen LogP contribution in [-0.4, -0.2) is 23.6 Å². The van der Waals surface area contributed by atoms with Crippen molar-refractivity contribution < 1.29 is 4.74 Å². The van der Waals surface area contributed by atoms with Crippen LogP contribution in [-0.2, 0) is 17.8 Å². The molecule has 4 nitrogen and oxygen atoms in total. The number of methoxy groups -OCH3 is 1. The van der Waals surface area contributed by atoms with E-state index in [-0.39, 0.29) is 0 Å². The number of hydrogen-bond acceptors (Lipinski definition) is 4. The summed E-state index contributed by atoms with van der Waals surface area (Å²) in [6.45, 7) is 5.39. The average Bonchev–Trinajstić information content (AvgIpc) is 2.23. The summed E-state index contributed by atoms with van der Waals surface area (Å²) in [5.74, 6) is 1.56. The van der Waals surface area contributed by atoms with Gasteiger partial charge in [0.1, 0.15) is 12.4 Å². The molecule has 0 atom stereocenters. The minimum absolute atomic E-state index is 0.443. The molecule has 1 rings (SSSR count). The Morgan fingerprint density at radius 1 is 1.33 bits per heavy atom. The second-order valence-corrected chi connectivity index (χ2v) is 3.86. The number of halogens is 1. The molecule has 0 saturated heterocycles. The second-order valence-electron chi connectivity index (χ2n) is 3.07. The van der Waals surface area contributed by atoms with Gasteiger partial charge in [-0.15, -0.1) is 0 Å². The highest BCUT2D eigenvalue weighted by Crippen LogP contribution is 2.24. The maximum absolute atomic E-state index is 5.03. The van der Waals surface area contributed by atoms with E-state index in [1.807, 2.05) is 6.92 Å². The Labute approximate surface area is 98.6 Å². The van der Waals surface area contributed by atoms with Crippen LogP contribution in [0.2, 0.25) is 0 Å². The molecule has 0 saturated carbocycles. The van der Waals surface area contributed by atoms with Crippen LogP contribution in [0.1, 0.15) is 25.4 Å². The molecular weight excluding hydrogens is 258 g/mol. The van der Waals surface area contributed by atoms with Crippen LogP contribution in [0.5, 0.6) is 0 Å². The summed E-state index contributed by atoms with van der Waals surface area (Å²) in [6.07, 6.45) is 0.873. The van der Waals surface area contributed by atoms with Crippen molar-refractivity contribution in [1.29, 1.82) is 0 Å². The molecule has 1 aromatic rings. The van der Waals surface area contributed by atoms with Gasteiger partial charge in [0.15, 0.2) is 5.82 Å². The van der Waals surface area contributed by atoms with Gasteiger partial charge in [-0.1, -0.05) is 6.92 Å². The van der Waals surface area contributed by atoms with Gasteiger partial charge >= 0.3 is 0 Å². The first-order chi connectivity index (χ1) is 7.22. The van der Waals surface area contributed by atoms with Gasteiger partial charge in [0, 0.05) is 13.7 Å². The lowest BCUT2D eigenvalue weighted by atomic mass is 10.3. The van der Waals surface area contributed by atoms with Gasteiger partial charge in [-0.25, -0.2) is 9.97 Å². The fourth-order valence-corrected chi connectivity index (χ4v) is 1.86. The molecule has 0 aromatic carbocycles. The third-order valence-electron chi connectivity index (χ3n) is 1.92. The van der Waals surface area contributed by atoms with Gasteiger partial charge in [-0.2, -0.15) is 0 Å². The van der Waals surface area contributed by atoms with E-state index in [9.17, 15) is 0 Å². The molecule has 0 bridgehead atoms. The molecule has 0 unspecified atom stereocenters. The zero-order chi connectivity index (χ0) is 11.3. The number of aromatic nitrogens is 2. The Balaban J connectivity index is 3.07. The summed E-state index contributed by atoms with van der Waals surface area (Å²) in [5.41, 5.74) is 1.01. The zero-order valence-corrected chi connectivity index (χ0v) is 10.9. The molecule has 0 aliphatic rings. The van der Waals surface area contributed by atoms with E-state index in [4.69, 9.17) is 4.74 Å². The minimum Gasteiger partial charge on any atom is -0.377 e. The highest BCUT2D eigenvalue weighted by atomic mass is 79.9. The van der Waals surface area contributed by atoms with Crippen molar-refractivity contribution in [2.45, 2.75) is 26.9 Å². The lowest BCUT2D eigenvalue weighted by Gasteiger charge is -2.10. The molecule has 0 fully saturated rings. The fourth-order valence-electron chi connectivity index (χ4n) is 1.26. The van der Waals surface area contributed by atoms with E-state index in [0.717, 1.165) is 29.0 Å². The quantitative estimate of drug-likeness (QED) is 0.895. The van der Waals surface area contributed by atoms with Gasteiger partial charge in [-0.05, 0) is 29.3 Å². The lowest BCUT2D eigenvalue weighted by Crippen LogP contribution is -2.08. The minimum atomic E-state index is 0.443. The van der Waals surface area contributed by atoms with E-state index in [2.05, 4.69) is 38.1 Å². The van der Waals surface area contributed by atoms with Crippen molar-refractivity contribution in [3.8, 4) is 0 Å². The predicted molar refractivity (Wildman–Crippen MR) is 64.0 cm³/mol. The molecular formula is C10H16BrN3O. The van der Waals surface area contributed by atoms with E-state index in [0.29, 0.717) is 12.4 Å². The largest absolute Gasteiger partial charge is 0.377 e. The van der Waals surface area contributed by atoms with Gasteiger partial charge in [0.25, 0.3) is 0 Å². The van der Waals surface area contributed by atoms with E-state index < -0.39 is 0 Å². The second kappa shape index (κ2) is 6.02.